The maximum absolute atomic E-state index is 13.7. The Kier molecular flexibility index (Phi) is 5.00. The highest BCUT2D eigenvalue weighted by Gasteiger charge is 2.30. The molecular weight excluding hydrogens is 257 g/mol. The number of likely N-dealkylation sites (tertiary alicyclic amines) is 1. The van der Waals surface area contributed by atoms with Crippen molar-refractivity contribution in [3.8, 4) is 5.75 Å². The number of hydrogen-bond acceptors (Lipinski definition) is 3. The summed E-state index contributed by atoms with van der Waals surface area (Å²) in [4.78, 5) is 2.35. The van der Waals surface area contributed by atoms with Gasteiger partial charge in [-0.25, -0.2) is 4.39 Å². The van der Waals surface area contributed by atoms with Crippen LogP contribution in [-0.2, 0) is 6.42 Å². The molecule has 0 amide bonds. The molecule has 1 heterocycles. The maximum Gasteiger partial charge on any atom is 0.165 e. The SMILES string of the molecule is CCN1CCCC(O)(Cc2ccc(OC)c(F)c2)CC1. The van der Waals surface area contributed by atoms with Crippen LogP contribution in [0.5, 0.6) is 5.75 Å². The van der Waals surface area contributed by atoms with E-state index < -0.39 is 5.60 Å². The molecule has 0 saturated carbocycles. The Morgan fingerprint density at radius 3 is 2.80 bits per heavy atom. The normalized spacial score (nSPS) is 24.4. The topological polar surface area (TPSA) is 32.7 Å². The molecule has 1 aromatic carbocycles. The summed E-state index contributed by atoms with van der Waals surface area (Å²) in [5.41, 5.74) is 0.112. The van der Waals surface area contributed by atoms with Gasteiger partial charge in [0, 0.05) is 13.0 Å². The lowest BCUT2D eigenvalue weighted by atomic mass is 9.88. The fourth-order valence-corrected chi connectivity index (χ4v) is 2.93. The number of nitrogens with zero attached hydrogens (tertiary/aromatic N) is 1. The van der Waals surface area contributed by atoms with Gasteiger partial charge in [0.2, 0.25) is 0 Å². The number of aliphatic hydroxyl groups is 1. The van der Waals surface area contributed by atoms with Crippen molar-refractivity contribution in [3.63, 3.8) is 0 Å². The van der Waals surface area contributed by atoms with Gasteiger partial charge < -0.3 is 14.7 Å². The molecule has 1 aliphatic rings. The van der Waals surface area contributed by atoms with E-state index in [1.54, 1.807) is 6.07 Å². The van der Waals surface area contributed by atoms with Crippen LogP contribution in [0.2, 0.25) is 0 Å². The summed E-state index contributed by atoms with van der Waals surface area (Å²) in [5.74, 6) is -0.115. The van der Waals surface area contributed by atoms with Crippen LogP contribution in [0.4, 0.5) is 4.39 Å². The van der Waals surface area contributed by atoms with Crippen molar-refractivity contribution in [2.24, 2.45) is 0 Å². The smallest absolute Gasteiger partial charge is 0.165 e. The minimum atomic E-state index is -0.717. The van der Waals surface area contributed by atoms with E-state index in [4.69, 9.17) is 4.74 Å². The fraction of sp³-hybridized carbons (Fsp3) is 0.625. The number of halogens is 1. The highest BCUT2D eigenvalue weighted by molar-refractivity contribution is 5.30. The summed E-state index contributed by atoms with van der Waals surface area (Å²) >= 11 is 0. The largest absolute Gasteiger partial charge is 0.494 e. The monoisotopic (exact) mass is 281 g/mol. The van der Waals surface area contributed by atoms with Crippen molar-refractivity contribution in [1.82, 2.24) is 4.90 Å². The summed E-state index contributed by atoms with van der Waals surface area (Å²) < 4.78 is 18.6. The van der Waals surface area contributed by atoms with Crippen LogP contribution in [0.3, 0.4) is 0 Å². The summed E-state index contributed by atoms with van der Waals surface area (Å²) in [5, 5.41) is 10.8. The second kappa shape index (κ2) is 6.55. The Hall–Kier alpha value is -1.13. The first-order chi connectivity index (χ1) is 9.56. The molecule has 1 atom stereocenters. The molecule has 0 bridgehead atoms. The average molecular weight is 281 g/mol. The quantitative estimate of drug-likeness (QED) is 0.921. The third-order valence-corrected chi connectivity index (χ3v) is 4.21. The maximum atomic E-state index is 13.7. The predicted molar refractivity (Wildman–Crippen MR) is 77.6 cm³/mol. The summed E-state index contributed by atoms with van der Waals surface area (Å²) in [7, 11) is 1.45. The Morgan fingerprint density at radius 1 is 1.35 bits per heavy atom. The van der Waals surface area contributed by atoms with Gasteiger partial charge in [-0.3, -0.25) is 0 Å². The van der Waals surface area contributed by atoms with Crippen molar-refractivity contribution in [2.45, 2.75) is 38.2 Å². The Labute approximate surface area is 120 Å². The van der Waals surface area contributed by atoms with Crippen LogP contribution in [0.25, 0.3) is 0 Å². The molecule has 20 heavy (non-hydrogen) atoms. The zero-order valence-corrected chi connectivity index (χ0v) is 12.4. The van der Waals surface area contributed by atoms with Crippen LogP contribution in [0.1, 0.15) is 31.7 Å². The zero-order valence-electron chi connectivity index (χ0n) is 12.4. The van der Waals surface area contributed by atoms with Crippen molar-refractivity contribution < 1.29 is 14.2 Å². The molecular formula is C16H24FNO2. The van der Waals surface area contributed by atoms with E-state index in [1.807, 2.05) is 6.07 Å². The van der Waals surface area contributed by atoms with Crippen molar-refractivity contribution in [2.75, 3.05) is 26.7 Å². The third-order valence-electron chi connectivity index (χ3n) is 4.21. The molecule has 1 aliphatic heterocycles. The van der Waals surface area contributed by atoms with Gasteiger partial charge in [-0.2, -0.15) is 0 Å². The average Bonchev–Trinajstić information content (AvgIpc) is 2.61. The second-order valence-corrected chi connectivity index (χ2v) is 5.66. The molecule has 0 spiro atoms. The Morgan fingerprint density at radius 2 is 2.15 bits per heavy atom. The molecule has 3 nitrogen and oxygen atoms in total. The number of ether oxygens (including phenoxy) is 1. The van der Waals surface area contributed by atoms with E-state index in [0.29, 0.717) is 6.42 Å². The molecule has 1 unspecified atom stereocenters. The molecule has 0 radical (unpaired) electrons. The Bertz CT molecular complexity index is 452. The van der Waals surface area contributed by atoms with Gasteiger partial charge in [0.15, 0.2) is 11.6 Å². The van der Waals surface area contributed by atoms with E-state index in [0.717, 1.165) is 44.5 Å². The number of hydrogen-bond donors (Lipinski definition) is 1. The molecule has 2 rings (SSSR count). The van der Waals surface area contributed by atoms with E-state index in [-0.39, 0.29) is 11.6 Å². The minimum Gasteiger partial charge on any atom is -0.494 e. The number of methoxy groups -OCH3 is 1. The molecule has 112 valence electrons. The molecule has 1 saturated heterocycles. The van der Waals surface area contributed by atoms with E-state index in [2.05, 4.69) is 11.8 Å². The zero-order chi connectivity index (χ0) is 14.6. The fourth-order valence-electron chi connectivity index (χ4n) is 2.93. The van der Waals surface area contributed by atoms with Crippen LogP contribution in [0, 0.1) is 5.82 Å². The van der Waals surface area contributed by atoms with E-state index in [1.165, 1.54) is 13.2 Å². The third kappa shape index (κ3) is 3.70. The summed E-state index contributed by atoms with van der Waals surface area (Å²) in [6.45, 7) is 5.11. The van der Waals surface area contributed by atoms with Crippen molar-refractivity contribution >= 4 is 0 Å². The number of rotatable bonds is 4. The lowest BCUT2D eigenvalue weighted by molar-refractivity contribution is 0.0258. The first kappa shape index (κ1) is 15.3. The van der Waals surface area contributed by atoms with Gasteiger partial charge in [-0.05, 0) is 50.0 Å². The Balaban J connectivity index is 2.06. The summed E-state index contributed by atoms with van der Waals surface area (Å²) in [6.07, 6.45) is 3.01. The lowest BCUT2D eigenvalue weighted by Gasteiger charge is -2.27. The molecule has 1 N–H and O–H groups in total. The van der Waals surface area contributed by atoms with Crippen LogP contribution in [-0.4, -0.2) is 42.4 Å². The number of benzene rings is 1. The molecule has 0 aliphatic carbocycles. The van der Waals surface area contributed by atoms with Gasteiger partial charge >= 0.3 is 0 Å². The molecule has 0 aromatic heterocycles. The summed E-state index contributed by atoms with van der Waals surface area (Å²) in [6, 6.07) is 4.94. The van der Waals surface area contributed by atoms with Gasteiger partial charge in [-0.15, -0.1) is 0 Å². The van der Waals surface area contributed by atoms with Gasteiger partial charge in [0.05, 0.1) is 12.7 Å². The predicted octanol–water partition coefficient (Wildman–Crippen LogP) is 2.61. The second-order valence-electron chi connectivity index (χ2n) is 5.66. The molecule has 4 heteroatoms. The first-order valence-corrected chi connectivity index (χ1v) is 7.33. The highest BCUT2D eigenvalue weighted by atomic mass is 19.1. The molecule has 1 fully saturated rings. The van der Waals surface area contributed by atoms with E-state index in [9.17, 15) is 9.50 Å². The first-order valence-electron chi connectivity index (χ1n) is 7.33. The standard InChI is InChI=1S/C16H24FNO2/c1-3-18-9-4-7-16(19,8-10-18)12-13-5-6-15(20-2)14(17)11-13/h5-6,11,19H,3-4,7-10,12H2,1-2H3. The molecule has 1 aromatic rings. The van der Waals surface area contributed by atoms with Crippen molar-refractivity contribution in [1.29, 1.82) is 0 Å². The van der Waals surface area contributed by atoms with E-state index >= 15 is 0 Å². The van der Waals surface area contributed by atoms with Gasteiger partial charge in [0.25, 0.3) is 0 Å². The van der Waals surface area contributed by atoms with Crippen LogP contribution < -0.4 is 4.74 Å². The van der Waals surface area contributed by atoms with Crippen LogP contribution in [0.15, 0.2) is 18.2 Å². The van der Waals surface area contributed by atoms with Crippen LogP contribution >= 0.6 is 0 Å². The van der Waals surface area contributed by atoms with Crippen molar-refractivity contribution in [3.05, 3.63) is 29.6 Å². The lowest BCUT2D eigenvalue weighted by Crippen LogP contribution is -2.33. The van der Waals surface area contributed by atoms with Gasteiger partial charge in [-0.1, -0.05) is 13.0 Å². The minimum absolute atomic E-state index is 0.249. The highest BCUT2D eigenvalue weighted by Crippen LogP contribution is 2.28. The van der Waals surface area contributed by atoms with Gasteiger partial charge in [0.1, 0.15) is 0 Å².